The third-order valence-electron chi connectivity index (χ3n) is 7.64. The van der Waals surface area contributed by atoms with Crippen LogP contribution in [-0.4, -0.2) is 74.1 Å². The van der Waals surface area contributed by atoms with Crippen molar-refractivity contribution in [2.75, 3.05) is 52.4 Å². The molecule has 0 spiro atoms. The van der Waals surface area contributed by atoms with E-state index < -0.39 is 0 Å². The molecule has 224 valence electrons. The van der Waals surface area contributed by atoms with Gasteiger partial charge < -0.3 is 24.0 Å². The van der Waals surface area contributed by atoms with Gasteiger partial charge in [0.25, 0.3) is 0 Å². The standard InChI is InChI=1S/C33H42N4O5/c1-25(38)37-22-10-20-35(24-28-12-7-8-18-34-28)19-9-21-36(23-27-11-5-6-13-29(27)37)31(39)17-15-26-14-16-30(40-2)33(42-4)32(26)41-3/h5-8,11-14,16,18H,9-10,15,17,19-24H2,1-4H3. The summed E-state index contributed by atoms with van der Waals surface area (Å²) in [5, 5.41) is 0. The fraction of sp³-hybridized carbons (Fsp3) is 0.424. The molecule has 0 N–H and O–H groups in total. The summed E-state index contributed by atoms with van der Waals surface area (Å²) in [6.07, 6.45) is 4.29. The Morgan fingerprint density at radius 2 is 1.57 bits per heavy atom. The van der Waals surface area contributed by atoms with E-state index in [1.54, 1.807) is 28.3 Å². The van der Waals surface area contributed by atoms with E-state index in [-0.39, 0.29) is 11.8 Å². The third-order valence-corrected chi connectivity index (χ3v) is 7.64. The molecule has 4 rings (SSSR count). The van der Waals surface area contributed by atoms with Crippen LogP contribution in [0.4, 0.5) is 5.69 Å². The molecule has 1 aliphatic heterocycles. The molecule has 1 aliphatic rings. The molecule has 0 fully saturated rings. The molecular formula is C33H42N4O5. The Bertz CT molecular complexity index is 1330. The van der Waals surface area contributed by atoms with E-state index in [0.717, 1.165) is 55.0 Å². The minimum atomic E-state index is -0.00536. The smallest absolute Gasteiger partial charge is 0.223 e. The fourth-order valence-electron chi connectivity index (χ4n) is 5.54. The molecule has 0 radical (unpaired) electrons. The number of amides is 2. The molecule has 0 unspecified atom stereocenters. The normalized spacial score (nSPS) is 14.8. The van der Waals surface area contributed by atoms with Gasteiger partial charge in [-0.1, -0.05) is 30.3 Å². The maximum absolute atomic E-state index is 13.8. The van der Waals surface area contributed by atoms with Gasteiger partial charge in [0, 0.05) is 64.5 Å². The van der Waals surface area contributed by atoms with Gasteiger partial charge in [0.2, 0.25) is 17.6 Å². The molecular weight excluding hydrogens is 532 g/mol. The average molecular weight is 575 g/mol. The number of ether oxygens (including phenoxy) is 3. The second kappa shape index (κ2) is 15.2. The first-order valence-electron chi connectivity index (χ1n) is 14.5. The molecule has 0 atom stereocenters. The maximum atomic E-state index is 13.8. The highest BCUT2D eigenvalue weighted by molar-refractivity contribution is 5.92. The molecule has 1 aromatic heterocycles. The highest BCUT2D eigenvalue weighted by Gasteiger charge is 2.23. The Hall–Kier alpha value is -4.11. The van der Waals surface area contributed by atoms with Gasteiger partial charge >= 0.3 is 0 Å². The summed E-state index contributed by atoms with van der Waals surface area (Å²) in [5.41, 5.74) is 3.72. The van der Waals surface area contributed by atoms with E-state index in [4.69, 9.17) is 14.2 Å². The van der Waals surface area contributed by atoms with Crippen LogP contribution in [0.3, 0.4) is 0 Å². The summed E-state index contributed by atoms with van der Waals surface area (Å²) in [6.45, 7) is 5.63. The summed E-state index contributed by atoms with van der Waals surface area (Å²) in [7, 11) is 4.75. The van der Waals surface area contributed by atoms with Crippen molar-refractivity contribution in [3.05, 3.63) is 77.6 Å². The van der Waals surface area contributed by atoms with Crippen molar-refractivity contribution in [3.8, 4) is 17.2 Å². The summed E-state index contributed by atoms with van der Waals surface area (Å²) in [4.78, 5) is 37.2. The van der Waals surface area contributed by atoms with Crippen molar-refractivity contribution in [2.24, 2.45) is 0 Å². The average Bonchev–Trinajstić information content (AvgIpc) is 3.00. The third kappa shape index (κ3) is 7.79. The van der Waals surface area contributed by atoms with Crippen molar-refractivity contribution >= 4 is 17.5 Å². The van der Waals surface area contributed by atoms with E-state index >= 15 is 0 Å². The number of methoxy groups -OCH3 is 3. The number of fused-ring (bicyclic) bond motifs is 1. The summed E-state index contributed by atoms with van der Waals surface area (Å²) < 4.78 is 16.6. The largest absolute Gasteiger partial charge is 0.493 e. The number of anilines is 1. The summed E-state index contributed by atoms with van der Waals surface area (Å²) in [5.74, 6) is 1.71. The van der Waals surface area contributed by atoms with Crippen molar-refractivity contribution in [3.63, 3.8) is 0 Å². The van der Waals surface area contributed by atoms with Crippen LogP contribution in [0.1, 0.15) is 43.0 Å². The number of nitrogens with zero attached hydrogens (tertiary/aromatic N) is 4. The summed E-state index contributed by atoms with van der Waals surface area (Å²) in [6, 6.07) is 17.6. The number of carbonyl (C=O) groups excluding carboxylic acids is 2. The zero-order valence-corrected chi connectivity index (χ0v) is 25.2. The van der Waals surface area contributed by atoms with Crippen LogP contribution in [0.15, 0.2) is 60.8 Å². The number of aryl methyl sites for hydroxylation is 1. The lowest BCUT2D eigenvalue weighted by molar-refractivity contribution is -0.131. The molecule has 0 aliphatic carbocycles. The topological polar surface area (TPSA) is 84.4 Å². The van der Waals surface area contributed by atoms with Crippen LogP contribution in [0.2, 0.25) is 0 Å². The van der Waals surface area contributed by atoms with E-state index in [1.165, 1.54) is 0 Å². The number of benzene rings is 2. The number of carbonyl (C=O) groups is 2. The van der Waals surface area contributed by atoms with Gasteiger partial charge in [0.05, 0.1) is 27.0 Å². The Balaban J connectivity index is 1.57. The molecule has 2 heterocycles. The zero-order valence-electron chi connectivity index (χ0n) is 25.2. The van der Waals surface area contributed by atoms with Gasteiger partial charge in [-0.2, -0.15) is 0 Å². The van der Waals surface area contributed by atoms with Gasteiger partial charge in [-0.05, 0) is 54.7 Å². The molecule has 0 saturated carbocycles. The lowest BCUT2D eigenvalue weighted by Crippen LogP contribution is -2.38. The maximum Gasteiger partial charge on any atom is 0.223 e. The van der Waals surface area contributed by atoms with E-state index in [9.17, 15) is 9.59 Å². The first-order chi connectivity index (χ1) is 20.4. The highest BCUT2D eigenvalue weighted by Crippen LogP contribution is 2.40. The summed E-state index contributed by atoms with van der Waals surface area (Å²) >= 11 is 0. The number of para-hydroxylation sites is 1. The van der Waals surface area contributed by atoms with Crippen molar-refractivity contribution in [1.29, 1.82) is 0 Å². The van der Waals surface area contributed by atoms with Gasteiger partial charge in [0.15, 0.2) is 11.5 Å². The lowest BCUT2D eigenvalue weighted by atomic mass is 10.1. The molecule has 42 heavy (non-hydrogen) atoms. The Morgan fingerprint density at radius 1 is 0.833 bits per heavy atom. The number of pyridine rings is 1. The van der Waals surface area contributed by atoms with Crippen LogP contribution >= 0.6 is 0 Å². The number of hydrogen-bond donors (Lipinski definition) is 0. The van der Waals surface area contributed by atoms with Gasteiger partial charge in [0.1, 0.15) is 0 Å². The quantitative estimate of drug-likeness (QED) is 0.385. The van der Waals surface area contributed by atoms with Crippen molar-refractivity contribution in [2.45, 2.75) is 45.7 Å². The second-order valence-electron chi connectivity index (χ2n) is 10.4. The van der Waals surface area contributed by atoms with E-state index in [2.05, 4.69) is 9.88 Å². The van der Waals surface area contributed by atoms with Gasteiger partial charge in [-0.3, -0.25) is 19.5 Å². The first-order valence-corrected chi connectivity index (χ1v) is 14.5. The number of hydrogen-bond acceptors (Lipinski definition) is 7. The van der Waals surface area contributed by atoms with Crippen LogP contribution in [-0.2, 0) is 29.1 Å². The SMILES string of the molecule is COc1ccc(CCC(=O)N2CCCN(Cc3ccccn3)CCCN(C(C)=O)c3ccccc3C2)c(OC)c1OC. The monoisotopic (exact) mass is 574 g/mol. The Kier molecular flexibility index (Phi) is 11.2. The lowest BCUT2D eigenvalue weighted by Gasteiger charge is -2.31. The molecule has 9 nitrogen and oxygen atoms in total. The Morgan fingerprint density at radius 3 is 2.26 bits per heavy atom. The molecule has 3 aromatic rings. The van der Waals surface area contributed by atoms with Crippen molar-refractivity contribution in [1.82, 2.24) is 14.8 Å². The van der Waals surface area contributed by atoms with Crippen LogP contribution in [0.5, 0.6) is 17.2 Å². The highest BCUT2D eigenvalue weighted by atomic mass is 16.5. The second-order valence-corrected chi connectivity index (χ2v) is 10.4. The molecule has 2 amide bonds. The predicted octanol–water partition coefficient (Wildman–Crippen LogP) is 4.72. The zero-order chi connectivity index (χ0) is 29.9. The molecule has 9 heteroatoms. The molecule has 0 bridgehead atoms. The van der Waals surface area contributed by atoms with Gasteiger partial charge in [-0.25, -0.2) is 0 Å². The van der Waals surface area contributed by atoms with Crippen LogP contribution in [0.25, 0.3) is 0 Å². The Labute approximate surface area is 249 Å². The first kappa shape index (κ1) is 30.8. The number of rotatable bonds is 8. The van der Waals surface area contributed by atoms with E-state index in [1.807, 2.05) is 70.6 Å². The number of aromatic nitrogens is 1. The van der Waals surface area contributed by atoms with Gasteiger partial charge in [-0.15, -0.1) is 0 Å². The van der Waals surface area contributed by atoms with E-state index in [0.29, 0.717) is 49.7 Å². The minimum Gasteiger partial charge on any atom is -0.493 e. The predicted molar refractivity (Wildman–Crippen MR) is 163 cm³/mol. The molecule has 0 saturated heterocycles. The fourth-order valence-corrected chi connectivity index (χ4v) is 5.54. The molecule has 2 aromatic carbocycles. The van der Waals surface area contributed by atoms with Crippen LogP contribution in [0, 0.1) is 0 Å². The van der Waals surface area contributed by atoms with Crippen LogP contribution < -0.4 is 19.1 Å². The minimum absolute atomic E-state index is 0.00536. The van der Waals surface area contributed by atoms with Crippen molar-refractivity contribution < 1.29 is 23.8 Å².